The molecule has 0 amide bonds. The van der Waals surface area contributed by atoms with Gasteiger partial charge in [0.25, 0.3) is 0 Å². The number of rotatable bonds is 3. The lowest BCUT2D eigenvalue weighted by Crippen LogP contribution is -1.86. The number of hydrogen-bond acceptors (Lipinski definition) is 5. The third kappa shape index (κ3) is 2.78. The number of aromatic nitrogens is 4. The fraction of sp³-hybridized carbons (Fsp3) is 0.0667. The average Bonchev–Trinajstić information content (AvgIpc) is 2.97. The van der Waals surface area contributed by atoms with Crippen molar-refractivity contribution in [1.82, 2.24) is 19.9 Å². The van der Waals surface area contributed by atoms with Crippen LogP contribution in [0.3, 0.4) is 0 Å². The molecule has 0 atom stereocenters. The molecule has 0 N–H and O–H groups in total. The van der Waals surface area contributed by atoms with E-state index in [1.807, 2.05) is 36.6 Å². The van der Waals surface area contributed by atoms with Gasteiger partial charge in [-0.3, -0.25) is 15.0 Å². The van der Waals surface area contributed by atoms with Crippen molar-refractivity contribution in [3.8, 4) is 10.7 Å². The Balaban J connectivity index is 1.88. The largest absolute Gasteiger partial charge is 0.261 e. The van der Waals surface area contributed by atoms with Gasteiger partial charge >= 0.3 is 0 Å². The minimum absolute atomic E-state index is 0.861. The SMILES string of the molecule is C/C(=C/c1csc(-c2ccccn2)n1)c1cnccn1. The highest BCUT2D eigenvalue weighted by Gasteiger charge is 2.05. The fourth-order valence-corrected chi connectivity index (χ4v) is 2.51. The van der Waals surface area contributed by atoms with Gasteiger partial charge < -0.3 is 0 Å². The molecule has 0 aliphatic carbocycles. The third-order valence-corrected chi connectivity index (χ3v) is 3.62. The van der Waals surface area contributed by atoms with Gasteiger partial charge in [0.2, 0.25) is 0 Å². The summed E-state index contributed by atoms with van der Waals surface area (Å²) in [5, 5.41) is 2.94. The molecule has 0 bridgehead atoms. The fourth-order valence-electron chi connectivity index (χ4n) is 1.76. The first-order valence-electron chi connectivity index (χ1n) is 6.14. The van der Waals surface area contributed by atoms with E-state index < -0.39 is 0 Å². The van der Waals surface area contributed by atoms with Crippen molar-refractivity contribution in [1.29, 1.82) is 0 Å². The molecule has 5 heteroatoms. The second kappa shape index (κ2) is 5.71. The van der Waals surface area contributed by atoms with E-state index in [0.29, 0.717) is 0 Å². The predicted octanol–water partition coefficient (Wildman–Crippen LogP) is 3.56. The molecule has 0 radical (unpaired) electrons. The van der Waals surface area contributed by atoms with Crippen molar-refractivity contribution in [3.05, 3.63) is 59.8 Å². The standard InChI is InChI=1S/C15H12N4S/c1-11(14-9-16-6-7-18-14)8-12-10-20-15(19-12)13-4-2-3-5-17-13/h2-10H,1H3/b11-8-. The molecule has 0 saturated carbocycles. The Morgan fingerprint density at radius 1 is 1.15 bits per heavy atom. The molecule has 3 heterocycles. The second-order valence-corrected chi connectivity index (χ2v) is 5.07. The van der Waals surface area contributed by atoms with Crippen LogP contribution >= 0.6 is 11.3 Å². The van der Waals surface area contributed by atoms with E-state index in [0.717, 1.165) is 27.7 Å². The summed E-state index contributed by atoms with van der Waals surface area (Å²) in [7, 11) is 0. The van der Waals surface area contributed by atoms with Crippen LogP contribution in [0.25, 0.3) is 22.4 Å². The molecule has 3 rings (SSSR count). The van der Waals surface area contributed by atoms with Crippen LogP contribution in [0.4, 0.5) is 0 Å². The monoisotopic (exact) mass is 280 g/mol. The first-order chi connectivity index (χ1) is 9.83. The maximum atomic E-state index is 4.58. The number of nitrogens with zero attached hydrogens (tertiary/aromatic N) is 4. The Morgan fingerprint density at radius 2 is 2.10 bits per heavy atom. The minimum atomic E-state index is 0.861. The van der Waals surface area contributed by atoms with Gasteiger partial charge in [0.05, 0.1) is 23.3 Å². The maximum absolute atomic E-state index is 4.58. The molecule has 20 heavy (non-hydrogen) atoms. The zero-order chi connectivity index (χ0) is 13.8. The summed E-state index contributed by atoms with van der Waals surface area (Å²) in [5.41, 5.74) is 3.71. The summed E-state index contributed by atoms with van der Waals surface area (Å²) in [4.78, 5) is 17.2. The van der Waals surface area contributed by atoms with Crippen molar-refractivity contribution in [2.24, 2.45) is 0 Å². The summed E-state index contributed by atoms with van der Waals surface area (Å²) in [6, 6.07) is 5.82. The van der Waals surface area contributed by atoms with Crippen molar-refractivity contribution in [3.63, 3.8) is 0 Å². The second-order valence-electron chi connectivity index (χ2n) is 4.21. The average molecular weight is 280 g/mol. The van der Waals surface area contributed by atoms with Gasteiger partial charge in [-0.05, 0) is 30.7 Å². The topological polar surface area (TPSA) is 51.6 Å². The molecule has 0 saturated heterocycles. The molecule has 0 unspecified atom stereocenters. The van der Waals surface area contributed by atoms with E-state index in [-0.39, 0.29) is 0 Å². The lowest BCUT2D eigenvalue weighted by molar-refractivity contribution is 1.16. The van der Waals surface area contributed by atoms with Crippen LogP contribution in [0, 0.1) is 0 Å². The van der Waals surface area contributed by atoms with Gasteiger partial charge in [-0.2, -0.15) is 0 Å². The van der Waals surface area contributed by atoms with Crippen LogP contribution in [0.2, 0.25) is 0 Å². The van der Waals surface area contributed by atoms with Crippen molar-refractivity contribution >= 4 is 23.0 Å². The van der Waals surface area contributed by atoms with Crippen LogP contribution in [-0.2, 0) is 0 Å². The highest BCUT2D eigenvalue weighted by atomic mass is 32.1. The zero-order valence-corrected chi connectivity index (χ0v) is 11.7. The molecule has 0 aliphatic rings. The molecular formula is C15H12N4S. The van der Waals surface area contributed by atoms with E-state index in [9.17, 15) is 0 Å². The Hall–Kier alpha value is -2.40. The highest BCUT2D eigenvalue weighted by molar-refractivity contribution is 7.13. The lowest BCUT2D eigenvalue weighted by Gasteiger charge is -1.97. The maximum Gasteiger partial charge on any atom is 0.142 e. The van der Waals surface area contributed by atoms with E-state index in [1.165, 1.54) is 0 Å². The molecule has 4 nitrogen and oxygen atoms in total. The van der Waals surface area contributed by atoms with Crippen LogP contribution in [0.5, 0.6) is 0 Å². The smallest absolute Gasteiger partial charge is 0.142 e. The number of hydrogen-bond donors (Lipinski definition) is 0. The highest BCUT2D eigenvalue weighted by Crippen LogP contribution is 2.23. The van der Waals surface area contributed by atoms with Crippen molar-refractivity contribution < 1.29 is 0 Å². The Labute approximate surface area is 120 Å². The molecule has 0 fully saturated rings. The Bertz CT molecular complexity index is 720. The number of pyridine rings is 1. The summed E-state index contributed by atoms with van der Waals surface area (Å²) < 4.78 is 0. The predicted molar refractivity (Wildman–Crippen MR) is 80.9 cm³/mol. The van der Waals surface area contributed by atoms with E-state index in [4.69, 9.17) is 0 Å². The number of allylic oxidation sites excluding steroid dienone is 1. The summed E-state index contributed by atoms with van der Waals surface area (Å²) >= 11 is 1.59. The summed E-state index contributed by atoms with van der Waals surface area (Å²) in [5.74, 6) is 0. The van der Waals surface area contributed by atoms with Crippen molar-refractivity contribution in [2.75, 3.05) is 0 Å². The van der Waals surface area contributed by atoms with Gasteiger partial charge in [-0.15, -0.1) is 11.3 Å². The Morgan fingerprint density at radius 3 is 2.85 bits per heavy atom. The molecule has 98 valence electrons. The van der Waals surface area contributed by atoms with Crippen molar-refractivity contribution in [2.45, 2.75) is 6.92 Å². The lowest BCUT2D eigenvalue weighted by atomic mass is 10.2. The summed E-state index contributed by atoms with van der Waals surface area (Å²) in [6.45, 7) is 2.00. The van der Waals surface area contributed by atoms with Gasteiger partial charge in [0.15, 0.2) is 0 Å². The van der Waals surface area contributed by atoms with Crippen LogP contribution < -0.4 is 0 Å². The first kappa shape index (κ1) is 12.6. The van der Waals surface area contributed by atoms with E-state index >= 15 is 0 Å². The van der Waals surface area contributed by atoms with Gasteiger partial charge in [-0.1, -0.05) is 6.07 Å². The van der Waals surface area contributed by atoms with Crippen LogP contribution in [0.1, 0.15) is 18.3 Å². The quantitative estimate of drug-likeness (QED) is 0.736. The normalized spacial score (nSPS) is 11.6. The molecule has 3 aromatic heterocycles. The first-order valence-corrected chi connectivity index (χ1v) is 7.02. The molecule has 0 aliphatic heterocycles. The summed E-state index contributed by atoms with van der Waals surface area (Å²) in [6.07, 6.45) is 8.88. The number of thiazole rings is 1. The molecule has 0 aromatic carbocycles. The minimum Gasteiger partial charge on any atom is -0.261 e. The van der Waals surface area contributed by atoms with Gasteiger partial charge in [0.1, 0.15) is 5.01 Å². The molecule has 3 aromatic rings. The van der Waals surface area contributed by atoms with E-state index in [1.54, 1.807) is 36.1 Å². The molecule has 0 spiro atoms. The Kier molecular flexibility index (Phi) is 3.60. The van der Waals surface area contributed by atoms with Gasteiger partial charge in [-0.25, -0.2) is 4.98 Å². The molecular weight excluding hydrogens is 268 g/mol. The van der Waals surface area contributed by atoms with Gasteiger partial charge in [0, 0.05) is 24.0 Å². The zero-order valence-electron chi connectivity index (χ0n) is 10.9. The van der Waals surface area contributed by atoms with E-state index in [2.05, 4.69) is 19.9 Å². The van der Waals surface area contributed by atoms with Crippen LogP contribution in [0.15, 0.2) is 48.4 Å². The third-order valence-electron chi connectivity index (χ3n) is 2.74. The van der Waals surface area contributed by atoms with Crippen LogP contribution in [-0.4, -0.2) is 19.9 Å².